The van der Waals surface area contributed by atoms with E-state index in [1.54, 1.807) is 31.2 Å². The van der Waals surface area contributed by atoms with Crippen LogP contribution >= 0.6 is 8.03 Å². The summed E-state index contributed by atoms with van der Waals surface area (Å²) in [5.74, 6) is 0.0832. The fraction of sp³-hybridized carbons (Fsp3) is 0.533. The lowest BCUT2D eigenvalue weighted by atomic mass is 9.98. The lowest BCUT2D eigenvalue weighted by Crippen LogP contribution is -2.26. The van der Waals surface area contributed by atoms with Crippen molar-refractivity contribution in [2.75, 3.05) is 0 Å². The Balaban J connectivity index is 1.84. The highest BCUT2D eigenvalue weighted by molar-refractivity contribution is 7.41. The fourth-order valence-electron chi connectivity index (χ4n) is 2.20. The zero-order valence-corrected chi connectivity index (χ0v) is 12.6. The number of esters is 1. The van der Waals surface area contributed by atoms with Crippen molar-refractivity contribution in [1.82, 2.24) is 0 Å². The van der Waals surface area contributed by atoms with Crippen molar-refractivity contribution in [1.29, 1.82) is 0 Å². The van der Waals surface area contributed by atoms with E-state index in [1.807, 2.05) is 6.07 Å². The molecule has 0 N–H and O–H groups in total. The highest BCUT2D eigenvalue weighted by Crippen LogP contribution is 2.33. The summed E-state index contributed by atoms with van der Waals surface area (Å²) in [6, 6.07) is 8.87. The van der Waals surface area contributed by atoms with Gasteiger partial charge in [0, 0.05) is 0 Å². The predicted molar refractivity (Wildman–Crippen MR) is 77.1 cm³/mol. The van der Waals surface area contributed by atoms with Crippen LogP contribution in [-0.2, 0) is 14.1 Å². The monoisotopic (exact) mass is 295 g/mol. The summed E-state index contributed by atoms with van der Waals surface area (Å²) in [7, 11) is -2.11. The van der Waals surface area contributed by atoms with Crippen LogP contribution in [0.2, 0.25) is 0 Å². The van der Waals surface area contributed by atoms with Gasteiger partial charge < -0.3 is 4.74 Å². The summed E-state index contributed by atoms with van der Waals surface area (Å²) in [6.07, 6.45) is 5.20. The van der Waals surface area contributed by atoms with E-state index < -0.39 is 19.7 Å². The zero-order chi connectivity index (χ0) is 14.4. The van der Waals surface area contributed by atoms with Crippen LogP contribution in [0.5, 0.6) is 5.75 Å². The summed E-state index contributed by atoms with van der Waals surface area (Å²) in [6.45, 7) is 1.59. The first-order valence-electron chi connectivity index (χ1n) is 7.06. The van der Waals surface area contributed by atoms with Gasteiger partial charge in [-0.05, 0) is 49.3 Å². The minimum atomic E-state index is -2.11. The minimum Gasteiger partial charge on any atom is -0.459 e. The Morgan fingerprint density at radius 3 is 2.50 bits per heavy atom. The average Bonchev–Trinajstić information content (AvgIpc) is 2.48. The first-order chi connectivity index (χ1) is 9.66. The van der Waals surface area contributed by atoms with Gasteiger partial charge in [-0.2, -0.15) is 0 Å². The van der Waals surface area contributed by atoms with Crippen molar-refractivity contribution in [2.24, 2.45) is 0 Å². The molecule has 1 unspecified atom stereocenters. The van der Waals surface area contributed by atoms with Crippen molar-refractivity contribution in [2.45, 2.75) is 50.8 Å². The molecule has 0 radical (unpaired) electrons. The molecule has 1 saturated carbocycles. The Labute approximate surface area is 120 Å². The van der Waals surface area contributed by atoms with Crippen molar-refractivity contribution in [3.8, 4) is 5.75 Å². The fourth-order valence-corrected chi connectivity index (χ4v) is 2.92. The van der Waals surface area contributed by atoms with Crippen LogP contribution in [0.1, 0.15) is 39.0 Å². The number of benzene rings is 1. The molecular formula is C15H20O4P+. The van der Waals surface area contributed by atoms with E-state index in [2.05, 4.69) is 0 Å². The van der Waals surface area contributed by atoms with E-state index in [0.717, 1.165) is 25.7 Å². The van der Waals surface area contributed by atoms with Crippen LogP contribution in [0.15, 0.2) is 30.3 Å². The van der Waals surface area contributed by atoms with Gasteiger partial charge in [0.15, 0.2) is 5.75 Å². The van der Waals surface area contributed by atoms with Crippen LogP contribution in [-0.4, -0.2) is 17.7 Å². The lowest BCUT2D eigenvalue weighted by molar-refractivity contribution is -0.149. The maximum Gasteiger partial charge on any atom is 0.571 e. The molecule has 0 aliphatic heterocycles. The van der Waals surface area contributed by atoms with Crippen LogP contribution in [0, 0.1) is 0 Å². The van der Waals surface area contributed by atoms with E-state index in [9.17, 15) is 9.36 Å². The summed E-state index contributed by atoms with van der Waals surface area (Å²) in [5.41, 5.74) is -0.743. The number of hydrogen-bond donors (Lipinski definition) is 0. The number of para-hydroxylation sites is 1. The van der Waals surface area contributed by atoms with Crippen molar-refractivity contribution >= 4 is 14.0 Å². The van der Waals surface area contributed by atoms with Gasteiger partial charge in [-0.3, -0.25) is 4.52 Å². The Bertz CT molecular complexity index is 454. The third-order valence-electron chi connectivity index (χ3n) is 3.43. The number of rotatable bonds is 5. The van der Waals surface area contributed by atoms with Crippen molar-refractivity contribution in [3.05, 3.63) is 30.3 Å². The van der Waals surface area contributed by atoms with Gasteiger partial charge in [0.1, 0.15) is 6.10 Å². The number of carbonyl (C=O) groups is 1. The van der Waals surface area contributed by atoms with Crippen LogP contribution < -0.4 is 4.52 Å². The average molecular weight is 295 g/mol. The molecular weight excluding hydrogens is 275 g/mol. The quantitative estimate of drug-likeness (QED) is 0.607. The van der Waals surface area contributed by atoms with E-state index in [4.69, 9.17) is 9.26 Å². The summed E-state index contributed by atoms with van der Waals surface area (Å²) in [5, 5.41) is 0. The molecule has 1 aliphatic rings. The van der Waals surface area contributed by atoms with Crippen molar-refractivity contribution in [3.63, 3.8) is 0 Å². The SMILES string of the molecule is C[C@@H](C(=O)OC1CCCCC1)[P+](=O)Oc1ccccc1. The number of ether oxygens (including phenoxy) is 1. The molecule has 0 amide bonds. The highest BCUT2D eigenvalue weighted by atomic mass is 31.1. The zero-order valence-electron chi connectivity index (χ0n) is 11.7. The Morgan fingerprint density at radius 1 is 1.20 bits per heavy atom. The molecule has 1 fully saturated rings. The second-order valence-corrected chi connectivity index (χ2v) is 6.59. The molecule has 0 saturated heterocycles. The van der Waals surface area contributed by atoms with E-state index in [0.29, 0.717) is 5.75 Å². The first-order valence-corrected chi connectivity index (χ1v) is 8.31. The Hall–Kier alpha value is -1.41. The van der Waals surface area contributed by atoms with E-state index in [1.165, 1.54) is 6.42 Å². The minimum absolute atomic E-state index is 0.0150. The van der Waals surface area contributed by atoms with Gasteiger partial charge in [-0.1, -0.05) is 24.6 Å². The first kappa shape index (κ1) is 15.0. The molecule has 2 atom stereocenters. The van der Waals surface area contributed by atoms with Gasteiger partial charge in [0.05, 0.1) is 0 Å². The normalized spacial score (nSPS) is 18.1. The molecule has 5 heteroatoms. The summed E-state index contributed by atoms with van der Waals surface area (Å²) < 4.78 is 22.7. The summed E-state index contributed by atoms with van der Waals surface area (Å²) in [4.78, 5) is 12.0. The molecule has 0 spiro atoms. The molecule has 1 aromatic carbocycles. The third-order valence-corrected chi connectivity index (χ3v) is 4.66. The molecule has 1 aromatic rings. The van der Waals surface area contributed by atoms with Crippen LogP contribution in [0.25, 0.3) is 0 Å². The standard InChI is InChI=1S/C15H20O4P/c1-12(15(16)18-13-8-4-2-5-9-13)20(17)19-14-10-6-3-7-11-14/h3,6-7,10-13H,2,4-5,8-9H2,1H3/q+1/t12-/m0/s1. The molecule has 20 heavy (non-hydrogen) atoms. The van der Waals surface area contributed by atoms with Gasteiger partial charge >= 0.3 is 14.0 Å². The smallest absolute Gasteiger partial charge is 0.459 e. The molecule has 2 rings (SSSR count). The lowest BCUT2D eigenvalue weighted by Gasteiger charge is -2.21. The van der Waals surface area contributed by atoms with Crippen molar-refractivity contribution < 1.29 is 18.6 Å². The third kappa shape index (κ3) is 4.31. The molecule has 0 bridgehead atoms. The molecule has 0 aromatic heterocycles. The Kier molecular flexibility index (Phi) is 5.54. The number of carbonyl (C=O) groups excluding carboxylic acids is 1. The van der Waals surface area contributed by atoms with Gasteiger partial charge in [-0.15, -0.1) is 0 Å². The molecule has 1 aliphatic carbocycles. The van der Waals surface area contributed by atoms with Crippen LogP contribution in [0.4, 0.5) is 0 Å². The largest absolute Gasteiger partial charge is 0.571 e. The molecule has 108 valence electrons. The maximum absolute atomic E-state index is 12.0. The van der Waals surface area contributed by atoms with Crippen LogP contribution in [0.3, 0.4) is 0 Å². The van der Waals surface area contributed by atoms with Gasteiger partial charge in [0.2, 0.25) is 0 Å². The van der Waals surface area contributed by atoms with E-state index >= 15 is 0 Å². The topological polar surface area (TPSA) is 52.6 Å². The Morgan fingerprint density at radius 2 is 1.85 bits per heavy atom. The highest BCUT2D eigenvalue weighted by Gasteiger charge is 2.39. The van der Waals surface area contributed by atoms with E-state index in [-0.39, 0.29) is 6.10 Å². The number of hydrogen-bond acceptors (Lipinski definition) is 4. The second kappa shape index (κ2) is 7.39. The molecule has 4 nitrogen and oxygen atoms in total. The van der Waals surface area contributed by atoms with Gasteiger partial charge in [0.25, 0.3) is 5.66 Å². The summed E-state index contributed by atoms with van der Waals surface area (Å²) >= 11 is 0. The maximum atomic E-state index is 12.0. The second-order valence-electron chi connectivity index (χ2n) is 5.06. The predicted octanol–water partition coefficient (Wildman–Crippen LogP) is 4.07. The van der Waals surface area contributed by atoms with Gasteiger partial charge in [-0.25, -0.2) is 4.79 Å². The molecule has 0 heterocycles.